The Morgan fingerprint density at radius 1 is 1.02 bits per heavy atom. The molecular weight excluding hydrogens is 606 g/mol. The van der Waals surface area contributed by atoms with Gasteiger partial charge in [-0.2, -0.15) is 0 Å². The number of para-hydroxylation sites is 1. The van der Waals surface area contributed by atoms with Crippen molar-refractivity contribution in [2.24, 2.45) is 0 Å². The molecule has 0 aliphatic carbocycles. The minimum Gasteiger partial charge on any atom is -0.493 e. The molecule has 5 aliphatic heterocycles. The summed E-state index contributed by atoms with van der Waals surface area (Å²) < 4.78 is 29.5. The maximum atomic E-state index is 13.6. The highest BCUT2D eigenvalue weighted by atomic mass is 16.7. The van der Waals surface area contributed by atoms with Gasteiger partial charge < -0.3 is 23.7 Å². The van der Waals surface area contributed by atoms with Gasteiger partial charge >= 0.3 is 5.97 Å². The number of esters is 1. The van der Waals surface area contributed by atoms with Crippen LogP contribution in [0, 0.1) is 0 Å². The van der Waals surface area contributed by atoms with Crippen LogP contribution in [0.2, 0.25) is 0 Å². The normalized spacial score (nSPS) is 28.5. The van der Waals surface area contributed by atoms with E-state index in [-0.39, 0.29) is 55.0 Å². The van der Waals surface area contributed by atoms with Gasteiger partial charge in [-0.1, -0.05) is 25.1 Å². The Balaban J connectivity index is 1.06. The van der Waals surface area contributed by atoms with E-state index < -0.39 is 0 Å². The van der Waals surface area contributed by atoms with Gasteiger partial charge in [-0.3, -0.25) is 19.6 Å². The molecule has 0 amide bonds. The van der Waals surface area contributed by atoms with Crippen LogP contribution in [0.25, 0.3) is 10.9 Å². The van der Waals surface area contributed by atoms with Gasteiger partial charge in [0.25, 0.3) is 0 Å². The molecule has 7 atom stereocenters. The lowest BCUT2D eigenvalue weighted by Gasteiger charge is -2.66. The average molecular weight is 648 g/mol. The van der Waals surface area contributed by atoms with Gasteiger partial charge in [0.15, 0.2) is 23.0 Å². The highest BCUT2D eigenvalue weighted by molar-refractivity contribution is 5.83. The van der Waals surface area contributed by atoms with E-state index in [1.807, 2.05) is 30.5 Å². The highest BCUT2D eigenvalue weighted by Crippen LogP contribution is 2.65. The van der Waals surface area contributed by atoms with Crippen molar-refractivity contribution < 1.29 is 28.5 Å². The number of carbonyl (C=O) groups is 1. The number of hydrogen-bond donors (Lipinski definition) is 0. The second-order valence-electron chi connectivity index (χ2n) is 14.3. The second-order valence-corrected chi connectivity index (χ2v) is 14.3. The first-order valence-electron chi connectivity index (χ1n) is 17.0. The Labute approximate surface area is 280 Å². The molecule has 2 fully saturated rings. The summed E-state index contributed by atoms with van der Waals surface area (Å²) in [6.07, 6.45) is 4.02. The zero-order valence-corrected chi connectivity index (χ0v) is 28.1. The molecule has 3 aromatic carbocycles. The van der Waals surface area contributed by atoms with E-state index in [9.17, 15) is 4.79 Å². The molecule has 5 aliphatic rings. The van der Waals surface area contributed by atoms with E-state index in [2.05, 4.69) is 65.9 Å². The van der Waals surface area contributed by atoms with Gasteiger partial charge in [-0.25, -0.2) is 0 Å². The first-order valence-corrected chi connectivity index (χ1v) is 17.0. The molecule has 1 aromatic heterocycles. The average Bonchev–Trinajstić information content (AvgIpc) is 3.63. The van der Waals surface area contributed by atoms with E-state index in [0.29, 0.717) is 12.5 Å². The fourth-order valence-corrected chi connectivity index (χ4v) is 9.76. The zero-order chi connectivity index (χ0) is 32.9. The molecule has 248 valence electrons. The number of nitrogens with zero attached hydrogens (tertiary/aromatic N) is 3. The predicted octanol–water partition coefficient (Wildman–Crippen LogP) is 6.43. The van der Waals surface area contributed by atoms with Crippen molar-refractivity contribution in [3.63, 3.8) is 0 Å². The lowest BCUT2D eigenvalue weighted by atomic mass is 9.71. The third-order valence-electron chi connectivity index (χ3n) is 11.9. The number of pyridine rings is 1. The number of methoxy groups -OCH3 is 2. The Morgan fingerprint density at radius 2 is 1.79 bits per heavy atom. The van der Waals surface area contributed by atoms with Crippen LogP contribution >= 0.6 is 0 Å². The van der Waals surface area contributed by atoms with Crippen LogP contribution < -0.4 is 18.9 Å². The van der Waals surface area contributed by atoms with Gasteiger partial charge in [-0.15, -0.1) is 0 Å². The van der Waals surface area contributed by atoms with Gasteiger partial charge in [0, 0.05) is 35.2 Å². The third kappa shape index (κ3) is 4.16. The maximum Gasteiger partial charge on any atom is 0.306 e. The summed E-state index contributed by atoms with van der Waals surface area (Å²) >= 11 is 0. The fraction of sp³-hybridized carbons (Fsp3) is 0.436. The summed E-state index contributed by atoms with van der Waals surface area (Å²) in [5.74, 6) is 2.86. The lowest BCUT2D eigenvalue weighted by Crippen LogP contribution is -2.74. The topological polar surface area (TPSA) is 82.6 Å². The first-order chi connectivity index (χ1) is 23.3. The van der Waals surface area contributed by atoms with Crippen molar-refractivity contribution in [2.45, 2.75) is 81.7 Å². The maximum absolute atomic E-state index is 13.6. The summed E-state index contributed by atoms with van der Waals surface area (Å²) in [6, 6.07) is 19.6. The molecule has 9 rings (SSSR count). The molecule has 2 unspecified atom stereocenters. The minimum absolute atomic E-state index is 0.0114. The number of ether oxygens (including phenoxy) is 5. The quantitative estimate of drug-likeness (QED) is 0.211. The van der Waals surface area contributed by atoms with E-state index in [1.165, 1.54) is 16.7 Å². The van der Waals surface area contributed by atoms with Crippen LogP contribution in [0.4, 0.5) is 0 Å². The molecule has 0 N–H and O–H groups in total. The van der Waals surface area contributed by atoms with Crippen LogP contribution in [0.5, 0.6) is 23.0 Å². The highest BCUT2D eigenvalue weighted by Gasteiger charge is 2.66. The van der Waals surface area contributed by atoms with Crippen LogP contribution in [-0.2, 0) is 21.5 Å². The predicted molar refractivity (Wildman–Crippen MR) is 180 cm³/mol. The monoisotopic (exact) mass is 647 g/mol. The SMILES string of the molecule is COc1cc2c(cc1OC)C1(C)C[C@H]3[C@H](C)N4[C@@H](COC(=O)CC(C)c5ccnc6ccccc56)c5cc6c(cc5C[C@H]4[C@@H]2N31)OCO6. The van der Waals surface area contributed by atoms with E-state index in [4.69, 9.17) is 23.7 Å². The molecule has 6 heterocycles. The number of fused-ring (bicyclic) bond motifs is 8. The third-order valence-corrected chi connectivity index (χ3v) is 11.9. The number of piperazine rings is 1. The van der Waals surface area contributed by atoms with Crippen LogP contribution in [0.3, 0.4) is 0 Å². The second kappa shape index (κ2) is 10.8. The molecule has 9 nitrogen and oxygen atoms in total. The van der Waals surface area contributed by atoms with E-state index >= 15 is 0 Å². The molecule has 0 radical (unpaired) electrons. The summed E-state index contributed by atoms with van der Waals surface area (Å²) in [6.45, 7) is 7.30. The number of rotatable bonds is 7. The standard InChI is InChI=1S/C39H41N3O6/c1-21(24-10-11-40-29-9-7-6-8-25(24)29)12-37(43)46-19-32-26-15-36-35(47-20-48-36)14-23(26)13-30-38-27-16-33(44-4)34(45-5)17-28(27)39(3)18-31(42(38)39)22(2)41(30)32/h6-11,14-17,21-22,30-32,38H,12-13,18-20H2,1-5H3/t21?,22-,30-,31-,32-,38+,39?/m0/s1. The Morgan fingerprint density at radius 3 is 2.60 bits per heavy atom. The van der Waals surface area contributed by atoms with Gasteiger partial charge in [-0.05, 0) is 96.8 Å². The molecule has 0 spiro atoms. The van der Waals surface area contributed by atoms with Gasteiger partial charge in [0.05, 0.1) is 38.2 Å². The number of benzene rings is 3. The summed E-state index contributed by atoms with van der Waals surface area (Å²) in [4.78, 5) is 23.5. The first kappa shape index (κ1) is 29.8. The summed E-state index contributed by atoms with van der Waals surface area (Å²) in [5.41, 5.74) is 6.99. The minimum atomic E-state index is -0.196. The van der Waals surface area contributed by atoms with Crippen molar-refractivity contribution in [3.8, 4) is 23.0 Å². The number of aromatic nitrogens is 1. The van der Waals surface area contributed by atoms with Crippen LogP contribution in [-0.4, -0.2) is 66.5 Å². The van der Waals surface area contributed by atoms with Crippen molar-refractivity contribution in [1.82, 2.24) is 14.8 Å². The molecule has 2 saturated heterocycles. The fourth-order valence-electron chi connectivity index (χ4n) is 9.76. The Hall–Kier alpha value is -4.34. The van der Waals surface area contributed by atoms with Crippen LogP contribution in [0.15, 0.2) is 60.8 Å². The molecule has 9 heteroatoms. The summed E-state index contributed by atoms with van der Waals surface area (Å²) in [5, 5.41) is 1.07. The molecule has 48 heavy (non-hydrogen) atoms. The molecule has 4 aromatic rings. The summed E-state index contributed by atoms with van der Waals surface area (Å²) in [7, 11) is 3.41. The largest absolute Gasteiger partial charge is 0.493 e. The van der Waals surface area contributed by atoms with E-state index in [1.54, 1.807) is 14.2 Å². The lowest BCUT2D eigenvalue weighted by molar-refractivity contribution is -0.193. The van der Waals surface area contributed by atoms with Crippen molar-refractivity contribution in [2.75, 3.05) is 27.6 Å². The number of hydrogen-bond acceptors (Lipinski definition) is 9. The Bertz CT molecular complexity index is 1960. The van der Waals surface area contributed by atoms with Gasteiger partial charge in [0.2, 0.25) is 6.79 Å². The van der Waals surface area contributed by atoms with Crippen molar-refractivity contribution >= 4 is 16.9 Å². The van der Waals surface area contributed by atoms with Gasteiger partial charge in [0.1, 0.15) is 6.61 Å². The number of carbonyl (C=O) groups excluding carboxylic acids is 1. The molecule has 0 bridgehead atoms. The molecule has 0 saturated carbocycles. The zero-order valence-electron chi connectivity index (χ0n) is 28.1. The Kier molecular flexibility index (Phi) is 6.72. The molecular formula is C39H41N3O6. The van der Waals surface area contributed by atoms with Crippen LogP contribution in [0.1, 0.15) is 79.4 Å². The van der Waals surface area contributed by atoms with E-state index in [0.717, 1.165) is 57.9 Å². The smallest absolute Gasteiger partial charge is 0.306 e. The van der Waals surface area contributed by atoms with Crippen molar-refractivity contribution in [1.29, 1.82) is 0 Å². The van der Waals surface area contributed by atoms with Crippen molar-refractivity contribution in [3.05, 3.63) is 88.6 Å².